The van der Waals surface area contributed by atoms with E-state index in [2.05, 4.69) is 44.9 Å². The van der Waals surface area contributed by atoms with Crippen LogP contribution in [-0.4, -0.2) is 25.2 Å². The van der Waals surface area contributed by atoms with Crippen molar-refractivity contribution in [2.75, 3.05) is 7.11 Å². The van der Waals surface area contributed by atoms with Gasteiger partial charge in [-0.05, 0) is 12.8 Å². The van der Waals surface area contributed by atoms with E-state index in [0.29, 0.717) is 0 Å². The van der Waals surface area contributed by atoms with E-state index >= 15 is 0 Å². The van der Waals surface area contributed by atoms with Crippen molar-refractivity contribution >= 4 is 5.91 Å². The predicted octanol–water partition coefficient (Wildman–Crippen LogP) is 1.58. The molecule has 1 aliphatic carbocycles. The van der Waals surface area contributed by atoms with Gasteiger partial charge in [0.15, 0.2) is 0 Å². The van der Waals surface area contributed by atoms with Crippen LogP contribution in [0.4, 0.5) is 0 Å². The fourth-order valence-corrected chi connectivity index (χ4v) is 3.38. The second-order valence-electron chi connectivity index (χ2n) is 5.54. The number of carbonyl (C=O) groups is 1. The highest BCUT2D eigenvalue weighted by Gasteiger charge is 2.62. The van der Waals surface area contributed by atoms with Gasteiger partial charge in [0, 0.05) is 24.0 Å². The highest BCUT2D eigenvalue weighted by molar-refractivity contribution is 5.93. The maximum Gasteiger partial charge on any atom is 0.296 e. The third kappa shape index (κ3) is 1.82. The summed E-state index contributed by atoms with van der Waals surface area (Å²) in [6.07, 6.45) is 0.153. The minimum atomic E-state index is -0.205. The summed E-state index contributed by atoms with van der Waals surface area (Å²) in [4.78, 5) is 11.5. The Morgan fingerprint density at radius 1 is 1.25 bits per heavy atom. The number of amides is 1. The molecule has 1 saturated carbocycles. The van der Waals surface area contributed by atoms with Crippen LogP contribution < -0.4 is 5.32 Å². The molecule has 0 atom stereocenters. The van der Waals surface area contributed by atoms with Crippen molar-refractivity contribution in [3.63, 3.8) is 0 Å². The first-order valence-corrected chi connectivity index (χ1v) is 5.54. The Morgan fingerprint density at radius 3 is 2.12 bits per heavy atom. The Bertz CT molecular complexity index is 331. The minimum absolute atomic E-state index is 0.0523. The fraction of sp³-hybridized carbons (Fsp3) is 0.769. The Labute approximate surface area is 97.9 Å². The molecule has 0 radical (unpaired) electrons. The van der Waals surface area contributed by atoms with E-state index in [1.807, 2.05) is 0 Å². The van der Waals surface area contributed by atoms with E-state index in [1.165, 1.54) is 0 Å². The summed E-state index contributed by atoms with van der Waals surface area (Å²) in [6, 6.07) is 0.0956. The summed E-state index contributed by atoms with van der Waals surface area (Å²) >= 11 is 0. The van der Waals surface area contributed by atoms with Gasteiger partial charge in [-0.2, -0.15) is 0 Å². The van der Waals surface area contributed by atoms with Gasteiger partial charge in [0.2, 0.25) is 0 Å². The highest BCUT2D eigenvalue weighted by atomic mass is 16.5. The van der Waals surface area contributed by atoms with Crippen LogP contribution in [-0.2, 0) is 9.53 Å². The summed E-state index contributed by atoms with van der Waals surface area (Å²) < 4.78 is 5.50. The molecule has 0 saturated heterocycles. The molecule has 1 fully saturated rings. The summed E-state index contributed by atoms with van der Waals surface area (Å²) in [5, 5.41) is 2.97. The number of hydrogen-bond acceptors (Lipinski definition) is 2. The molecule has 0 aromatic rings. The molecule has 1 amide bonds. The first-order chi connectivity index (χ1) is 7.28. The van der Waals surface area contributed by atoms with Crippen LogP contribution in [0.3, 0.4) is 0 Å². The Hall–Kier alpha value is -1.01. The summed E-state index contributed by atoms with van der Waals surface area (Å²) in [5.74, 6) is 4.91. The van der Waals surface area contributed by atoms with E-state index in [1.54, 1.807) is 14.0 Å². The number of methoxy groups -OCH3 is 1. The van der Waals surface area contributed by atoms with Crippen molar-refractivity contribution in [2.24, 2.45) is 10.8 Å². The molecule has 90 valence electrons. The van der Waals surface area contributed by atoms with Gasteiger partial charge in [-0.3, -0.25) is 4.79 Å². The SMILES string of the molecule is CC#CC(=O)NC1C(C)(C)C(OC)C1(C)C. The summed E-state index contributed by atoms with van der Waals surface area (Å²) in [7, 11) is 1.72. The van der Waals surface area contributed by atoms with E-state index in [4.69, 9.17) is 4.74 Å². The monoisotopic (exact) mass is 223 g/mol. The quantitative estimate of drug-likeness (QED) is 0.722. The van der Waals surface area contributed by atoms with E-state index in [-0.39, 0.29) is 28.9 Å². The Kier molecular flexibility index (Phi) is 3.35. The van der Waals surface area contributed by atoms with Crippen molar-refractivity contribution in [1.29, 1.82) is 0 Å². The topological polar surface area (TPSA) is 38.3 Å². The van der Waals surface area contributed by atoms with Gasteiger partial charge in [-0.1, -0.05) is 33.6 Å². The molecule has 3 nitrogen and oxygen atoms in total. The van der Waals surface area contributed by atoms with Gasteiger partial charge in [0.1, 0.15) is 0 Å². The first-order valence-electron chi connectivity index (χ1n) is 5.54. The van der Waals surface area contributed by atoms with Crippen LogP contribution in [0.2, 0.25) is 0 Å². The lowest BCUT2D eigenvalue weighted by Gasteiger charge is -2.63. The zero-order chi connectivity index (χ0) is 12.6. The summed E-state index contributed by atoms with van der Waals surface area (Å²) in [6.45, 7) is 10.1. The second kappa shape index (κ2) is 4.10. The fourth-order valence-electron chi connectivity index (χ4n) is 3.38. The molecule has 0 bridgehead atoms. The van der Waals surface area contributed by atoms with Crippen LogP contribution in [0.1, 0.15) is 34.6 Å². The van der Waals surface area contributed by atoms with Crippen LogP contribution >= 0.6 is 0 Å². The van der Waals surface area contributed by atoms with Gasteiger partial charge >= 0.3 is 0 Å². The maximum absolute atomic E-state index is 11.5. The number of rotatable bonds is 2. The van der Waals surface area contributed by atoms with E-state index in [9.17, 15) is 4.79 Å². The molecule has 0 spiro atoms. The third-order valence-electron chi connectivity index (χ3n) is 3.59. The molecular weight excluding hydrogens is 202 g/mol. The molecule has 1 rings (SSSR count). The molecule has 3 heteroatoms. The molecule has 0 aliphatic heterocycles. The maximum atomic E-state index is 11.5. The molecule has 0 heterocycles. The molecule has 16 heavy (non-hydrogen) atoms. The average Bonchev–Trinajstić information content (AvgIpc) is 2.14. The van der Waals surface area contributed by atoms with Gasteiger partial charge in [0.25, 0.3) is 5.91 Å². The standard InChI is InChI=1S/C13H21NO2/c1-7-8-9(15)14-10-12(2,3)11(16-6)13(10,4)5/h10-11H,1-6H3,(H,14,15). The predicted molar refractivity (Wildman–Crippen MR) is 63.7 cm³/mol. The number of nitrogens with one attached hydrogen (secondary N) is 1. The molecule has 0 unspecified atom stereocenters. The lowest BCUT2D eigenvalue weighted by atomic mass is 9.49. The molecule has 1 aliphatic rings. The van der Waals surface area contributed by atoms with Crippen molar-refractivity contribution in [3.8, 4) is 11.8 Å². The number of ether oxygens (including phenoxy) is 1. The average molecular weight is 223 g/mol. The number of hydrogen-bond donors (Lipinski definition) is 1. The Morgan fingerprint density at radius 2 is 1.75 bits per heavy atom. The van der Waals surface area contributed by atoms with Crippen LogP contribution in [0.25, 0.3) is 0 Å². The Balaban J connectivity index is 2.81. The molecule has 0 aromatic heterocycles. The molecule has 1 N–H and O–H groups in total. The van der Waals surface area contributed by atoms with Gasteiger partial charge in [0.05, 0.1) is 6.10 Å². The summed E-state index contributed by atoms with van der Waals surface area (Å²) in [5.41, 5.74) is -0.105. The van der Waals surface area contributed by atoms with Gasteiger partial charge in [-0.15, -0.1) is 0 Å². The van der Waals surface area contributed by atoms with Gasteiger partial charge < -0.3 is 10.1 Å². The van der Waals surface area contributed by atoms with Crippen LogP contribution in [0, 0.1) is 22.7 Å². The van der Waals surface area contributed by atoms with Crippen molar-refractivity contribution in [3.05, 3.63) is 0 Å². The lowest BCUT2D eigenvalue weighted by Crippen LogP contribution is -2.73. The van der Waals surface area contributed by atoms with E-state index < -0.39 is 0 Å². The van der Waals surface area contributed by atoms with Crippen molar-refractivity contribution < 1.29 is 9.53 Å². The lowest BCUT2D eigenvalue weighted by molar-refractivity contribution is -0.199. The third-order valence-corrected chi connectivity index (χ3v) is 3.59. The zero-order valence-electron chi connectivity index (χ0n) is 11.0. The largest absolute Gasteiger partial charge is 0.380 e. The highest BCUT2D eigenvalue weighted by Crippen LogP contribution is 2.55. The van der Waals surface area contributed by atoms with Crippen molar-refractivity contribution in [1.82, 2.24) is 5.32 Å². The second-order valence-corrected chi connectivity index (χ2v) is 5.54. The van der Waals surface area contributed by atoms with Crippen molar-refractivity contribution in [2.45, 2.75) is 46.8 Å². The molecular formula is C13H21NO2. The van der Waals surface area contributed by atoms with Crippen LogP contribution in [0.5, 0.6) is 0 Å². The minimum Gasteiger partial charge on any atom is -0.380 e. The smallest absolute Gasteiger partial charge is 0.296 e. The van der Waals surface area contributed by atoms with Crippen LogP contribution in [0.15, 0.2) is 0 Å². The zero-order valence-corrected chi connectivity index (χ0v) is 11.0. The number of carbonyl (C=O) groups excluding carboxylic acids is 1. The normalized spacial score (nSPS) is 29.6. The first kappa shape index (κ1) is 13.1. The van der Waals surface area contributed by atoms with E-state index in [0.717, 1.165) is 0 Å². The molecule has 0 aromatic carbocycles. The van der Waals surface area contributed by atoms with Gasteiger partial charge in [-0.25, -0.2) is 0 Å².